The fourth-order valence-electron chi connectivity index (χ4n) is 3.24. The zero-order valence-electron chi connectivity index (χ0n) is 15.6. The van der Waals surface area contributed by atoms with Gasteiger partial charge in [-0.1, -0.05) is 35.9 Å². The van der Waals surface area contributed by atoms with Crippen LogP contribution in [0.2, 0.25) is 5.02 Å². The highest BCUT2D eigenvalue weighted by Gasteiger charge is 2.15. The molecule has 6 heteroatoms. The van der Waals surface area contributed by atoms with Gasteiger partial charge < -0.3 is 19.6 Å². The van der Waals surface area contributed by atoms with Crippen LogP contribution in [0, 0.1) is 0 Å². The van der Waals surface area contributed by atoms with Gasteiger partial charge in [0.15, 0.2) is 0 Å². The number of amides is 1. The molecule has 4 aromatic rings. The average Bonchev–Trinajstić information content (AvgIpc) is 3.23. The summed E-state index contributed by atoms with van der Waals surface area (Å²) < 4.78 is 11.0. The van der Waals surface area contributed by atoms with Gasteiger partial charge in [0.2, 0.25) is 0 Å². The van der Waals surface area contributed by atoms with Crippen molar-refractivity contribution in [2.24, 2.45) is 0 Å². The number of aliphatic hydroxyl groups is 1. The Hall–Kier alpha value is -3.28. The Balaban J connectivity index is 1.71. The Morgan fingerprint density at radius 3 is 2.62 bits per heavy atom. The molecule has 0 spiro atoms. The van der Waals surface area contributed by atoms with Crippen LogP contribution in [0.15, 0.2) is 71.1 Å². The smallest absolute Gasteiger partial charge is 0.256 e. The van der Waals surface area contributed by atoms with Gasteiger partial charge in [-0.05, 0) is 47.9 Å². The van der Waals surface area contributed by atoms with Gasteiger partial charge in [0.25, 0.3) is 5.91 Å². The summed E-state index contributed by atoms with van der Waals surface area (Å²) >= 11 is 6.26. The molecule has 0 aliphatic rings. The summed E-state index contributed by atoms with van der Waals surface area (Å²) in [5, 5.41) is 14.3. The third-order valence-electron chi connectivity index (χ3n) is 4.66. The lowest BCUT2D eigenvalue weighted by Gasteiger charge is -2.13. The molecular formula is C23H18ClNO4. The van der Waals surface area contributed by atoms with Gasteiger partial charge in [0, 0.05) is 21.5 Å². The number of hydrogen-bond acceptors (Lipinski definition) is 4. The number of rotatable bonds is 5. The number of nitrogens with one attached hydrogen (secondary N) is 1. The summed E-state index contributed by atoms with van der Waals surface area (Å²) in [4.78, 5) is 13.0. The molecule has 0 unspecified atom stereocenters. The predicted octanol–water partition coefficient (Wildman–Crippen LogP) is 5.51. The summed E-state index contributed by atoms with van der Waals surface area (Å²) in [7, 11) is 1.54. The van der Waals surface area contributed by atoms with Crippen LogP contribution in [0.25, 0.3) is 22.1 Å². The molecule has 0 radical (unpaired) electrons. The SMILES string of the molecule is COc1ccc(-c2ccc(CO)o2)cc1NC(=O)c1cccc2c(Cl)cccc12. The molecule has 29 heavy (non-hydrogen) atoms. The van der Waals surface area contributed by atoms with E-state index >= 15 is 0 Å². The molecule has 0 bridgehead atoms. The first-order chi connectivity index (χ1) is 14.1. The van der Waals surface area contributed by atoms with Crippen molar-refractivity contribution in [3.8, 4) is 17.1 Å². The van der Waals surface area contributed by atoms with E-state index in [4.69, 9.17) is 20.8 Å². The second-order valence-electron chi connectivity index (χ2n) is 6.43. The van der Waals surface area contributed by atoms with Gasteiger partial charge in [0.05, 0.1) is 12.8 Å². The molecule has 0 saturated heterocycles. The molecule has 5 nitrogen and oxygen atoms in total. The first kappa shape index (κ1) is 19.1. The summed E-state index contributed by atoms with van der Waals surface area (Å²) in [6.45, 7) is -0.177. The van der Waals surface area contributed by atoms with E-state index in [1.807, 2.05) is 24.3 Å². The number of carbonyl (C=O) groups excluding carboxylic acids is 1. The number of hydrogen-bond donors (Lipinski definition) is 2. The Labute approximate surface area is 172 Å². The number of anilines is 1. The van der Waals surface area contributed by atoms with Crippen molar-refractivity contribution in [3.63, 3.8) is 0 Å². The Morgan fingerprint density at radius 1 is 1.07 bits per heavy atom. The van der Waals surface area contributed by atoms with Crippen LogP contribution in [0.1, 0.15) is 16.1 Å². The number of ether oxygens (including phenoxy) is 1. The first-order valence-corrected chi connectivity index (χ1v) is 9.35. The molecule has 4 rings (SSSR count). The minimum atomic E-state index is -0.274. The van der Waals surface area contributed by atoms with E-state index in [2.05, 4.69) is 5.32 Å². The van der Waals surface area contributed by atoms with Crippen LogP contribution in [-0.2, 0) is 6.61 Å². The number of furan rings is 1. The fraction of sp³-hybridized carbons (Fsp3) is 0.0870. The lowest BCUT2D eigenvalue weighted by Crippen LogP contribution is -2.13. The van der Waals surface area contributed by atoms with E-state index < -0.39 is 0 Å². The van der Waals surface area contributed by atoms with Crippen LogP contribution in [0.4, 0.5) is 5.69 Å². The molecule has 1 amide bonds. The summed E-state index contributed by atoms with van der Waals surface area (Å²) in [5.41, 5.74) is 1.77. The molecule has 1 heterocycles. The topological polar surface area (TPSA) is 71.7 Å². The summed E-state index contributed by atoms with van der Waals surface area (Å²) in [6.07, 6.45) is 0. The molecule has 0 aliphatic carbocycles. The van der Waals surface area contributed by atoms with Crippen LogP contribution in [-0.4, -0.2) is 18.1 Å². The molecular weight excluding hydrogens is 390 g/mol. The average molecular weight is 408 g/mol. The number of carbonyl (C=O) groups is 1. The van der Waals surface area contributed by atoms with Crippen LogP contribution >= 0.6 is 11.6 Å². The lowest BCUT2D eigenvalue weighted by atomic mass is 10.0. The molecule has 0 fully saturated rings. The molecule has 1 aromatic heterocycles. The number of methoxy groups -OCH3 is 1. The van der Waals surface area contributed by atoms with Crippen molar-refractivity contribution in [1.82, 2.24) is 0 Å². The minimum absolute atomic E-state index is 0.177. The monoisotopic (exact) mass is 407 g/mol. The van der Waals surface area contributed by atoms with E-state index in [1.54, 1.807) is 49.6 Å². The van der Waals surface area contributed by atoms with E-state index in [9.17, 15) is 9.90 Å². The highest BCUT2D eigenvalue weighted by atomic mass is 35.5. The maximum Gasteiger partial charge on any atom is 0.256 e. The van der Waals surface area contributed by atoms with Gasteiger partial charge in [-0.15, -0.1) is 0 Å². The van der Waals surface area contributed by atoms with Crippen LogP contribution in [0.5, 0.6) is 5.75 Å². The third-order valence-corrected chi connectivity index (χ3v) is 4.99. The van der Waals surface area contributed by atoms with E-state index in [0.717, 1.165) is 16.3 Å². The number of benzene rings is 3. The van der Waals surface area contributed by atoms with Crippen molar-refractivity contribution in [2.45, 2.75) is 6.61 Å². The quantitative estimate of drug-likeness (QED) is 0.457. The maximum absolute atomic E-state index is 13.0. The second kappa shape index (κ2) is 7.99. The van der Waals surface area contributed by atoms with Crippen molar-refractivity contribution in [3.05, 3.63) is 83.1 Å². The molecule has 0 aliphatic heterocycles. The van der Waals surface area contributed by atoms with Gasteiger partial charge >= 0.3 is 0 Å². The standard InChI is InChI=1S/C23H18ClNO4/c1-28-22-10-8-14(21-11-9-15(13-26)29-21)12-20(22)25-23(27)18-6-2-5-17-16(18)4-3-7-19(17)24/h2-12,26H,13H2,1H3,(H,25,27). The molecule has 0 atom stereocenters. The highest BCUT2D eigenvalue weighted by molar-refractivity contribution is 6.36. The fourth-order valence-corrected chi connectivity index (χ4v) is 3.47. The Kier molecular flexibility index (Phi) is 5.25. The predicted molar refractivity (Wildman–Crippen MR) is 114 cm³/mol. The van der Waals surface area contributed by atoms with Crippen LogP contribution < -0.4 is 10.1 Å². The Morgan fingerprint density at radius 2 is 1.86 bits per heavy atom. The van der Waals surface area contributed by atoms with Gasteiger partial charge in [-0.25, -0.2) is 0 Å². The zero-order valence-corrected chi connectivity index (χ0v) is 16.4. The molecule has 0 saturated carbocycles. The van der Waals surface area contributed by atoms with Crippen molar-refractivity contribution >= 4 is 34.0 Å². The number of aliphatic hydroxyl groups excluding tert-OH is 1. The van der Waals surface area contributed by atoms with E-state index in [-0.39, 0.29) is 12.5 Å². The number of fused-ring (bicyclic) bond motifs is 1. The highest BCUT2D eigenvalue weighted by Crippen LogP contribution is 2.33. The van der Waals surface area contributed by atoms with Gasteiger partial charge in [-0.2, -0.15) is 0 Å². The molecule has 3 aromatic carbocycles. The van der Waals surface area contributed by atoms with Crippen molar-refractivity contribution in [1.29, 1.82) is 0 Å². The van der Waals surface area contributed by atoms with E-state index in [1.165, 1.54) is 0 Å². The third kappa shape index (κ3) is 3.70. The first-order valence-electron chi connectivity index (χ1n) is 8.97. The Bertz CT molecular complexity index is 1200. The molecule has 146 valence electrons. The minimum Gasteiger partial charge on any atom is -0.495 e. The lowest BCUT2D eigenvalue weighted by molar-refractivity contribution is 0.102. The van der Waals surface area contributed by atoms with Crippen molar-refractivity contribution in [2.75, 3.05) is 12.4 Å². The van der Waals surface area contributed by atoms with Gasteiger partial charge in [-0.3, -0.25) is 4.79 Å². The second-order valence-corrected chi connectivity index (χ2v) is 6.84. The van der Waals surface area contributed by atoms with Crippen LogP contribution in [0.3, 0.4) is 0 Å². The van der Waals surface area contributed by atoms with E-state index in [0.29, 0.717) is 33.5 Å². The zero-order chi connectivity index (χ0) is 20.4. The van der Waals surface area contributed by atoms with Gasteiger partial charge in [0.1, 0.15) is 23.9 Å². The largest absolute Gasteiger partial charge is 0.495 e. The summed E-state index contributed by atoms with van der Waals surface area (Å²) in [6, 6.07) is 19.7. The summed E-state index contributed by atoms with van der Waals surface area (Å²) in [5.74, 6) is 1.30. The number of halogens is 1. The van der Waals surface area contributed by atoms with Crippen molar-refractivity contribution < 1.29 is 19.1 Å². The molecule has 2 N–H and O–H groups in total. The maximum atomic E-state index is 13.0. The normalized spacial score (nSPS) is 10.9.